The summed E-state index contributed by atoms with van der Waals surface area (Å²) in [5.41, 5.74) is 2.19. The van der Waals surface area contributed by atoms with Crippen molar-refractivity contribution in [2.24, 2.45) is 0 Å². The van der Waals surface area contributed by atoms with Gasteiger partial charge in [-0.15, -0.1) is 17.5 Å². The maximum absolute atomic E-state index is 12.9. The molecule has 1 amide bonds. The number of nitrogens with zero attached hydrogens (tertiary/aromatic N) is 4. The second-order valence-corrected chi connectivity index (χ2v) is 6.96. The van der Waals surface area contributed by atoms with Crippen LogP contribution in [-0.2, 0) is 0 Å². The van der Waals surface area contributed by atoms with Gasteiger partial charge in [0.15, 0.2) is 0 Å². The highest BCUT2D eigenvalue weighted by Crippen LogP contribution is 2.24. The van der Waals surface area contributed by atoms with Crippen LogP contribution in [0, 0.1) is 6.92 Å². The molecule has 2 heterocycles. The van der Waals surface area contributed by atoms with Crippen molar-refractivity contribution in [3.05, 3.63) is 41.5 Å². The minimum Gasteiger partial charge on any atom is -0.332 e. The van der Waals surface area contributed by atoms with Crippen LogP contribution in [-0.4, -0.2) is 51.8 Å². The van der Waals surface area contributed by atoms with Crippen LogP contribution >= 0.6 is 12.4 Å². The van der Waals surface area contributed by atoms with Gasteiger partial charge >= 0.3 is 0 Å². The predicted molar refractivity (Wildman–Crippen MR) is 105 cm³/mol. The third-order valence-electron chi connectivity index (χ3n) is 4.82. The number of nitrogens with one attached hydrogen (secondary N) is 1. The minimum atomic E-state index is -0.0679. The topological polar surface area (TPSA) is 63.1 Å². The van der Waals surface area contributed by atoms with Gasteiger partial charge in [-0.2, -0.15) is 0 Å². The molecular formula is C19H28ClN5O. The quantitative estimate of drug-likeness (QED) is 0.870. The lowest BCUT2D eigenvalue weighted by Gasteiger charge is -2.23. The third-order valence-corrected chi connectivity index (χ3v) is 4.82. The maximum Gasteiger partial charge on any atom is 0.293 e. The summed E-state index contributed by atoms with van der Waals surface area (Å²) < 4.78 is 1.80. The number of hydrogen-bond acceptors (Lipinski definition) is 4. The molecule has 1 N–H and O–H groups in total. The molecule has 1 atom stereocenters. The van der Waals surface area contributed by atoms with Gasteiger partial charge in [0.1, 0.15) is 5.82 Å². The van der Waals surface area contributed by atoms with Crippen molar-refractivity contribution in [3.63, 3.8) is 0 Å². The van der Waals surface area contributed by atoms with E-state index in [-0.39, 0.29) is 24.4 Å². The fourth-order valence-corrected chi connectivity index (χ4v) is 3.56. The molecule has 7 heteroatoms. The van der Waals surface area contributed by atoms with Crippen molar-refractivity contribution in [2.75, 3.05) is 20.1 Å². The van der Waals surface area contributed by atoms with Gasteiger partial charge in [0.25, 0.3) is 5.91 Å². The second-order valence-electron chi connectivity index (χ2n) is 6.96. The van der Waals surface area contributed by atoms with E-state index >= 15 is 0 Å². The van der Waals surface area contributed by atoms with E-state index in [0.717, 1.165) is 37.4 Å². The van der Waals surface area contributed by atoms with E-state index in [9.17, 15) is 4.79 Å². The molecule has 0 bridgehead atoms. The standard InChI is InChI=1S/C19H27N5O.ClH/c1-13(2)16-9-5-6-10-17(16)24-14(3)21-18(22-24)19(25)23-11-7-8-15(23)12-20-4;/h5-6,9-10,13,15,20H,7-8,11-12H2,1-4H3;1H. The fraction of sp³-hybridized carbons (Fsp3) is 0.526. The van der Waals surface area contributed by atoms with Crippen molar-refractivity contribution in [1.29, 1.82) is 0 Å². The molecule has 142 valence electrons. The highest BCUT2D eigenvalue weighted by Gasteiger charge is 2.31. The number of carbonyl (C=O) groups is 1. The number of rotatable bonds is 5. The Labute approximate surface area is 161 Å². The molecule has 0 aliphatic carbocycles. The Balaban J connectivity index is 0.00000243. The lowest BCUT2D eigenvalue weighted by molar-refractivity contribution is 0.0724. The molecule has 1 saturated heterocycles. The van der Waals surface area contributed by atoms with Crippen LogP contribution in [0.1, 0.15) is 54.6 Å². The molecule has 1 fully saturated rings. The largest absolute Gasteiger partial charge is 0.332 e. The molecule has 0 saturated carbocycles. The third kappa shape index (κ3) is 3.91. The first-order chi connectivity index (χ1) is 12.0. The first kappa shape index (κ1) is 20.4. The average Bonchev–Trinajstić information content (AvgIpc) is 3.21. The van der Waals surface area contributed by atoms with Crippen molar-refractivity contribution < 1.29 is 4.79 Å². The molecular weight excluding hydrogens is 350 g/mol. The number of amides is 1. The number of aromatic nitrogens is 3. The Morgan fingerprint density at radius 3 is 2.77 bits per heavy atom. The summed E-state index contributed by atoms with van der Waals surface area (Å²) in [7, 11) is 1.92. The number of benzene rings is 1. The van der Waals surface area contributed by atoms with Crippen LogP contribution in [0.15, 0.2) is 24.3 Å². The smallest absolute Gasteiger partial charge is 0.293 e. The minimum absolute atomic E-state index is 0. The summed E-state index contributed by atoms with van der Waals surface area (Å²) in [5.74, 6) is 1.33. The summed E-state index contributed by atoms with van der Waals surface area (Å²) in [6, 6.07) is 8.39. The first-order valence-corrected chi connectivity index (χ1v) is 9.01. The summed E-state index contributed by atoms with van der Waals surface area (Å²) in [6.07, 6.45) is 2.07. The summed E-state index contributed by atoms with van der Waals surface area (Å²) in [5, 5.41) is 7.72. The van der Waals surface area contributed by atoms with Crippen LogP contribution in [0.3, 0.4) is 0 Å². The Kier molecular flexibility index (Phi) is 6.78. The van der Waals surface area contributed by atoms with Crippen LogP contribution in [0.4, 0.5) is 0 Å². The molecule has 1 unspecified atom stereocenters. The summed E-state index contributed by atoms with van der Waals surface area (Å²) in [4.78, 5) is 19.3. The Morgan fingerprint density at radius 1 is 1.35 bits per heavy atom. The average molecular weight is 378 g/mol. The van der Waals surface area contributed by atoms with Crippen molar-refractivity contribution >= 4 is 18.3 Å². The normalized spacial score (nSPS) is 16.8. The number of likely N-dealkylation sites (tertiary alicyclic amines) is 1. The Bertz CT molecular complexity index is 758. The molecule has 0 spiro atoms. The van der Waals surface area contributed by atoms with Gasteiger partial charge in [-0.25, -0.2) is 9.67 Å². The zero-order valence-corrected chi connectivity index (χ0v) is 16.7. The van der Waals surface area contributed by atoms with Crippen molar-refractivity contribution in [1.82, 2.24) is 25.0 Å². The summed E-state index contributed by atoms with van der Waals surface area (Å²) in [6.45, 7) is 7.80. The van der Waals surface area contributed by atoms with Crippen LogP contribution in [0.2, 0.25) is 0 Å². The van der Waals surface area contributed by atoms with Crippen molar-refractivity contribution in [2.45, 2.75) is 45.6 Å². The van der Waals surface area contributed by atoms with Gasteiger partial charge in [-0.1, -0.05) is 32.0 Å². The van der Waals surface area contributed by atoms with E-state index in [1.165, 1.54) is 5.56 Å². The van der Waals surface area contributed by atoms with Gasteiger partial charge in [0.2, 0.25) is 5.82 Å². The van der Waals surface area contributed by atoms with Crippen molar-refractivity contribution in [3.8, 4) is 5.69 Å². The highest BCUT2D eigenvalue weighted by atomic mass is 35.5. The van der Waals surface area contributed by atoms with Gasteiger partial charge < -0.3 is 10.2 Å². The number of halogens is 1. The molecule has 1 aromatic carbocycles. The lowest BCUT2D eigenvalue weighted by atomic mass is 10.0. The molecule has 1 aliphatic heterocycles. The van der Waals surface area contributed by atoms with Gasteiger partial charge in [-0.05, 0) is 44.4 Å². The lowest BCUT2D eigenvalue weighted by Crippen LogP contribution is -2.41. The molecule has 0 radical (unpaired) electrons. The molecule has 6 nitrogen and oxygen atoms in total. The van der Waals surface area contributed by atoms with Crippen LogP contribution < -0.4 is 5.32 Å². The van der Waals surface area contributed by atoms with E-state index in [1.807, 2.05) is 37.1 Å². The van der Waals surface area contributed by atoms with E-state index in [2.05, 4.69) is 35.3 Å². The number of hydrogen-bond donors (Lipinski definition) is 1. The van der Waals surface area contributed by atoms with Gasteiger partial charge in [0.05, 0.1) is 5.69 Å². The Morgan fingerprint density at radius 2 is 2.08 bits per heavy atom. The fourth-order valence-electron chi connectivity index (χ4n) is 3.56. The van der Waals surface area contributed by atoms with Gasteiger partial charge in [0, 0.05) is 19.1 Å². The zero-order valence-electron chi connectivity index (χ0n) is 15.9. The van der Waals surface area contributed by atoms with E-state index in [4.69, 9.17) is 0 Å². The Hall–Kier alpha value is -1.92. The SMILES string of the molecule is CNCC1CCCN1C(=O)c1nc(C)n(-c2ccccc2C(C)C)n1.Cl. The predicted octanol–water partition coefficient (Wildman–Crippen LogP) is 2.94. The maximum atomic E-state index is 12.9. The zero-order chi connectivity index (χ0) is 18.0. The molecule has 26 heavy (non-hydrogen) atoms. The van der Waals surface area contributed by atoms with E-state index < -0.39 is 0 Å². The molecule has 2 aromatic rings. The summed E-state index contributed by atoms with van der Waals surface area (Å²) >= 11 is 0. The van der Waals surface area contributed by atoms with Crippen LogP contribution in [0.25, 0.3) is 5.69 Å². The molecule has 3 rings (SSSR count). The second kappa shape index (κ2) is 8.64. The molecule has 1 aromatic heterocycles. The number of para-hydroxylation sites is 1. The molecule has 1 aliphatic rings. The number of carbonyl (C=O) groups excluding carboxylic acids is 1. The highest BCUT2D eigenvalue weighted by molar-refractivity contribution is 5.91. The number of likely N-dealkylation sites (N-methyl/N-ethyl adjacent to an activating group) is 1. The van der Waals surface area contributed by atoms with Gasteiger partial charge in [-0.3, -0.25) is 4.79 Å². The van der Waals surface area contributed by atoms with E-state index in [1.54, 1.807) is 4.68 Å². The van der Waals surface area contributed by atoms with E-state index in [0.29, 0.717) is 11.7 Å². The van der Waals surface area contributed by atoms with Crippen LogP contribution in [0.5, 0.6) is 0 Å². The first-order valence-electron chi connectivity index (χ1n) is 9.01. The number of aryl methyl sites for hydroxylation is 1. The monoisotopic (exact) mass is 377 g/mol.